The molecule has 0 saturated carbocycles. The minimum Gasteiger partial charge on any atom is -0.454 e. The summed E-state index contributed by atoms with van der Waals surface area (Å²) < 4.78 is 10.6. The summed E-state index contributed by atoms with van der Waals surface area (Å²) in [6.45, 7) is 2.70. The van der Waals surface area contributed by atoms with Gasteiger partial charge in [0.15, 0.2) is 11.5 Å². The summed E-state index contributed by atoms with van der Waals surface area (Å²) in [4.78, 5) is 11.8. The maximum absolute atomic E-state index is 11.8. The molecule has 0 atom stereocenters. The Morgan fingerprint density at radius 2 is 1.91 bits per heavy atom. The normalized spacial score (nSPS) is 12.4. The minimum absolute atomic E-state index is 0.247. The first kappa shape index (κ1) is 15.0. The molecule has 2 amide bonds. The number of hydrogen-bond donors (Lipinski definition) is 2. The number of urea groups is 1. The predicted molar refractivity (Wildman–Crippen MR) is 88.1 cm³/mol. The van der Waals surface area contributed by atoms with Crippen molar-refractivity contribution in [3.63, 3.8) is 0 Å². The summed E-state index contributed by atoms with van der Waals surface area (Å²) in [7, 11) is 0. The van der Waals surface area contributed by atoms with Crippen LogP contribution in [0.3, 0.4) is 0 Å². The van der Waals surface area contributed by atoms with Gasteiger partial charge in [0.1, 0.15) is 0 Å². The highest BCUT2D eigenvalue weighted by molar-refractivity contribution is 5.75. The molecule has 1 heterocycles. The average Bonchev–Trinajstić information content (AvgIpc) is 3.02. The lowest BCUT2D eigenvalue weighted by molar-refractivity contribution is 0.174. The standard InChI is InChI=1S/C18H18N2O3/c1-13-2-4-14(5-3-13)8-9-19-18(21)20-11-15-6-7-16-17(10-15)23-12-22-16/h2-10H,11-12H2,1H3,(H2,19,20,21)/b9-8+. The number of carbonyl (C=O) groups excluding carboxylic acids is 1. The Bertz CT molecular complexity index is 724. The maximum Gasteiger partial charge on any atom is 0.319 e. The van der Waals surface area contributed by atoms with Gasteiger partial charge in [0.25, 0.3) is 0 Å². The van der Waals surface area contributed by atoms with E-state index < -0.39 is 0 Å². The number of nitrogens with one attached hydrogen (secondary N) is 2. The Balaban J connectivity index is 1.47. The summed E-state index contributed by atoms with van der Waals surface area (Å²) in [5.41, 5.74) is 3.19. The van der Waals surface area contributed by atoms with Crippen LogP contribution in [0, 0.1) is 6.92 Å². The van der Waals surface area contributed by atoms with Crippen molar-refractivity contribution < 1.29 is 14.3 Å². The molecule has 3 rings (SSSR count). The molecule has 0 unspecified atom stereocenters. The van der Waals surface area contributed by atoms with E-state index >= 15 is 0 Å². The van der Waals surface area contributed by atoms with Gasteiger partial charge in [-0.3, -0.25) is 0 Å². The molecule has 1 aliphatic heterocycles. The summed E-state index contributed by atoms with van der Waals surface area (Å²) in [6, 6.07) is 13.4. The van der Waals surface area contributed by atoms with E-state index in [9.17, 15) is 4.79 Å². The summed E-state index contributed by atoms with van der Waals surface area (Å²) in [6.07, 6.45) is 3.47. The van der Waals surface area contributed by atoms with Crippen molar-refractivity contribution in [1.29, 1.82) is 0 Å². The first-order valence-electron chi connectivity index (χ1n) is 7.37. The van der Waals surface area contributed by atoms with E-state index in [1.54, 1.807) is 6.20 Å². The van der Waals surface area contributed by atoms with Gasteiger partial charge in [-0.25, -0.2) is 4.79 Å². The lowest BCUT2D eigenvalue weighted by Gasteiger charge is -2.05. The molecule has 0 radical (unpaired) electrons. The van der Waals surface area contributed by atoms with Gasteiger partial charge in [0, 0.05) is 12.7 Å². The van der Waals surface area contributed by atoms with Crippen LogP contribution in [-0.2, 0) is 6.54 Å². The van der Waals surface area contributed by atoms with Crippen molar-refractivity contribution >= 4 is 12.1 Å². The lowest BCUT2D eigenvalue weighted by atomic mass is 10.1. The number of fused-ring (bicyclic) bond motifs is 1. The molecule has 2 N–H and O–H groups in total. The number of carbonyl (C=O) groups is 1. The molecule has 0 bridgehead atoms. The van der Waals surface area contributed by atoms with Crippen molar-refractivity contribution in [3.05, 3.63) is 65.4 Å². The second-order valence-corrected chi connectivity index (χ2v) is 5.26. The zero-order valence-electron chi connectivity index (χ0n) is 12.8. The molecular weight excluding hydrogens is 292 g/mol. The smallest absolute Gasteiger partial charge is 0.319 e. The largest absolute Gasteiger partial charge is 0.454 e. The average molecular weight is 310 g/mol. The van der Waals surface area contributed by atoms with Crippen molar-refractivity contribution in [2.75, 3.05) is 6.79 Å². The van der Waals surface area contributed by atoms with Gasteiger partial charge >= 0.3 is 6.03 Å². The molecule has 0 aromatic heterocycles. The number of benzene rings is 2. The number of ether oxygens (including phenoxy) is 2. The Hall–Kier alpha value is -2.95. The summed E-state index contributed by atoms with van der Waals surface area (Å²) in [5, 5.41) is 5.47. The number of hydrogen-bond acceptors (Lipinski definition) is 3. The van der Waals surface area contributed by atoms with Crippen molar-refractivity contribution in [2.24, 2.45) is 0 Å². The van der Waals surface area contributed by atoms with Crippen LogP contribution in [0.25, 0.3) is 6.08 Å². The quantitative estimate of drug-likeness (QED) is 0.912. The predicted octanol–water partition coefficient (Wildman–Crippen LogP) is 3.19. The molecule has 2 aromatic rings. The third-order valence-corrected chi connectivity index (χ3v) is 3.46. The van der Waals surface area contributed by atoms with Crippen LogP contribution in [0.5, 0.6) is 11.5 Å². The zero-order valence-corrected chi connectivity index (χ0v) is 12.8. The Labute approximate surface area is 134 Å². The van der Waals surface area contributed by atoms with E-state index in [0.717, 1.165) is 16.9 Å². The maximum atomic E-state index is 11.8. The van der Waals surface area contributed by atoms with Crippen molar-refractivity contribution in [2.45, 2.75) is 13.5 Å². The molecule has 1 aliphatic rings. The monoisotopic (exact) mass is 310 g/mol. The Morgan fingerprint density at radius 1 is 1.13 bits per heavy atom. The van der Waals surface area contributed by atoms with E-state index in [2.05, 4.69) is 10.6 Å². The minimum atomic E-state index is -0.258. The zero-order chi connectivity index (χ0) is 16.1. The van der Waals surface area contributed by atoms with Gasteiger partial charge in [0.05, 0.1) is 0 Å². The van der Waals surface area contributed by atoms with E-state index in [-0.39, 0.29) is 12.8 Å². The van der Waals surface area contributed by atoms with Crippen LogP contribution in [0.15, 0.2) is 48.7 Å². The number of amides is 2. The molecule has 0 aliphatic carbocycles. The molecular formula is C18H18N2O3. The van der Waals surface area contributed by atoms with E-state index in [0.29, 0.717) is 12.3 Å². The van der Waals surface area contributed by atoms with Crippen LogP contribution >= 0.6 is 0 Å². The Morgan fingerprint density at radius 3 is 2.74 bits per heavy atom. The van der Waals surface area contributed by atoms with E-state index in [1.807, 2.05) is 55.5 Å². The molecule has 0 spiro atoms. The topological polar surface area (TPSA) is 59.6 Å². The fourth-order valence-electron chi connectivity index (χ4n) is 2.18. The molecule has 2 aromatic carbocycles. The third-order valence-electron chi connectivity index (χ3n) is 3.46. The number of rotatable bonds is 4. The molecule has 23 heavy (non-hydrogen) atoms. The van der Waals surface area contributed by atoms with Crippen LogP contribution < -0.4 is 20.1 Å². The summed E-state index contributed by atoms with van der Waals surface area (Å²) in [5.74, 6) is 1.45. The van der Waals surface area contributed by atoms with Gasteiger partial charge in [-0.15, -0.1) is 0 Å². The first-order valence-corrected chi connectivity index (χ1v) is 7.37. The fourth-order valence-corrected chi connectivity index (χ4v) is 2.18. The van der Waals surface area contributed by atoms with E-state index in [4.69, 9.17) is 9.47 Å². The van der Waals surface area contributed by atoms with Crippen LogP contribution in [-0.4, -0.2) is 12.8 Å². The van der Waals surface area contributed by atoms with Gasteiger partial charge in [0.2, 0.25) is 6.79 Å². The molecule has 0 fully saturated rings. The van der Waals surface area contributed by atoms with Crippen LogP contribution in [0.1, 0.15) is 16.7 Å². The highest BCUT2D eigenvalue weighted by atomic mass is 16.7. The highest BCUT2D eigenvalue weighted by Crippen LogP contribution is 2.32. The second kappa shape index (κ2) is 6.87. The summed E-state index contributed by atoms with van der Waals surface area (Å²) >= 11 is 0. The molecule has 5 nitrogen and oxygen atoms in total. The van der Waals surface area contributed by atoms with Crippen LogP contribution in [0.4, 0.5) is 4.79 Å². The van der Waals surface area contributed by atoms with Crippen molar-refractivity contribution in [3.8, 4) is 11.5 Å². The van der Waals surface area contributed by atoms with Gasteiger partial charge < -0.3 is 20.1 Å². The van der Waals surface area contributed by atoms with Gasteiger partial charge in [-0.2, -0.15) is 0 Å². The van der Waals surface area contributed by atoms with Crippen LogP contribution in [0.2, 0.25) is 0 Å². The lowest BCUT2D eigenvalue weighted by Crippen LogP contribution is -2.31. The second-order valence-electron chi connectivity index (χ2n) is 5.26. The highest BCUT2D eigenvalue weighted by Gasteiger charge is 2.13. The molecule has 118 valence electrons. The fraction of sp³-hybridized carbons (Fsp3) is 0.167. The van der Waals surface area contributed by atoms with Gasteiger partial charge in [-0.1, -0.05) is 35.9 Å². The van der Waals surface area contributed by atoms with Gasteiger partial charge in [-0.05, 0) is 36.3 Å². The SMILES string of the molecule is Cc1ccc(/C=C/NC(=O)NCc2ccc3c(c2)OCO3)cc1. The van der Waals surface area contributed by atoms with Crippen molar-refractivity contribution in [1.82, 2.24) is 10.6 Å². The molecule has 0 saturated heterocycles. The number of aryl methyl sites for hydroxylation is 1. The van der Waals surface area contributed by atoms with E-state index in [1.165, 1.54) is 5.56 Å². The first-order chi connectivity index (χ1) is 11.2. The molecule has 5 heteroatoms. The third kappa shape index (κ3) is 4.03. The Kier molecular flexibility index (Phi) is 4.47.